The molecule has 3 rings (SSSR count). The number of phenols is 1. The Bertz CT molecular complexity index is 845. The summed E-state index contributed by atoms with van der Waals surface area (Å²) in [6.45, 7) is 2.81. The minimum absolute atomic E-state index is 0.00455. The summed E-state index contributed by atoms with van der Waals surface area (Å²) < 4.78 is 10.9. The number of likely N-dealkylation sites (tertiary alicyclic amines) is 1. The molecule has 1 atom stereocenters. The molecule has 0 spiro atoms. The maximum Gasteiger partial charge on any atom is 0.260 e. The van der Waals surface area contributed by atoms with E-state index in [9.17, 15) is 14.7 Å². The van der Waals surface area contributed by atoms with Crippen molar-refractivity contribution in [3.05, 3.63) is 54.1 Å². The van der Waals surface area contributed by atoms with Crippen molar-refractivity contribution in [3.8, 4) is 17.2 Å². The Kier molecular flexibility index (Phi) is 6.59. The molecule has 29 heavy (non-hydrogen) atoms. The standard InChI is InChI=1S/C22H26N2O5/c1-15(29-18-9-7-17(25)8-10-18)21(26)23-16-11-13-24(14-12-16)22(27)19-5-3-4-6-20(19)28-2/h3-10,15-16,25H,11-14H2,1-2H3,(H,23,26). The number of hydrogen-bond donors (Lipinski definition) is 2. The number of phenolic OH excluding ortho intramolecular Hbond substituents is 1. The van der Waals surface area contributed by atoms with E-state index >= 15 is 0 Å². The lowest BCUT2D eigenvalue weighted by Gasteiger charge is -2.33. The van der Waals surface area contributed by atoms with E-state index in [1.165, 1.54) is 12.1 Å². The minimum Gasteiger partial charge on any atom is -0.508 e. The highest BCUT2D eigenvalue weighted by Crippen LogP contribution is 2.22. The van der Waals surface area contributed by atoms with Gasteiger partial charge in [0, 0.05) is 19.1 Å². The minimum atomic E-state index is -0.659. The van der Waals surface area contributed by atoms with Crippen molar-refractivity contribution < 1.29 is 24.2 Å². The molecule has 154 valence electrons. The van der Waals surface area contributed by atoms with Crippen LogP contribution in [0.15, 0.2) is 48.5 Å². The third-order valence-electron chi connectivity index (χ3n) is 4.98. The normalized spacial score (nSPS) is 15.4. The molecular weight excluding hydrogens is 372 g/mol. The van der Waals surface area contributed by atoms with Gasteiger partial charge in [-0.3, -0.25) is 9.59 Å². The molecule has 0 bridgehead atoms. The summed E-state index contributed by atoms with van der Waals surface area (Å²) >= 11 is 0. The second kappa shape index (κ2) is 9.32. The number of carbonyl (C=O) groups is 2. The Morgan fingerprint density at radius 1 is 1.10 bits per heavy atom. The van der Waals surface area contributed by atoms with E-state index in [-0.39, 0.29) is 23.6 Å². The number of carbonyl (C=O) groups excluding carboxylic acids is 2. The molecule has 0 aromatic heterocycles. The highest BCUT2D eigenvalue weighted by Gasteiger charge is 2.27. The van der Waals surface area contributed by atoms with Crippen molar-refractivity contribution >= 4 is 11.8 Å². The molecule has 1 heterocycles. The average molecular weight is 398 g/mol. The maximum absolute atomic E-state index is 12.8. The van der Waals surface area contributed by atoms with E-state index in [4.69, 9.17) is 9.47 Å². The van der Waals surface area contributed by atoms with Gasteiger partial charge in [0.25, 0.3) is 11.8 Å². The first-order valence-corrected chi connectivity index (χ1v) is 9.66. The monoisotopic (exact) mass is 398 g/mol. The lowest BCUT2D eigenvalue weighted by Crippen LogP contribution is -2.49. The number of hydrogen-bond acceptors (Lipinski definition) is 5. The van der Waals surface area contributed by atoms with Crippen LogP contribution in [0, 0.1) is 0 Å². The van der Waals surface area contributed by atoms with Gasteiger partial charge < -0.3 is 24.8 Å². The first kappa shape index (κ1) is 20.5. The maximum atomic E-state index is 12.8. The topological polar surface area (TPSA) is 88.1 Å². The molecule has 1 unspecified atom stereocenters. The van der Waals surface area contributed by atoms with E-state index in [2.05, 4.69) is 5.32 Å². The molecule has 7 nitrogen and oxygen atoms in total. The highest BCUT2D eigenvalue weighted by molar-refractivity contribution is 5.97. The number of amides is 2. The molecule has 7 heteroatoms. The number of ether oxygens (including phenoxy) is 2. The Balaban J connectivity index is 1.49. The Morgan fingerprint density at radius 2 is 1.76 bits per heavy atom. The summed E-state index contributed by atoms with van der Waals surface area (Å²) in [5.41, 5.74) is 0.549. The molecule has 2 aromatic carbocycles. The van der Waals surface area contributed by atoms with Gasteiger partial charge in [-0.15, -0.1) is 0 Å². The smallest absolute Gasteiger partial charge is 0.260 e. The summed E-state index contributed by atoms with van der Waals surface area (Å²) in [5, 5.41) is 12.3. The molecule has 2 aromatic rings. The first-order chi connectivity index (χ1) is 14.0. The van der Waals surface area contributed by atoms with E-state index < -0.39 is 6.10 Å². The van der Waals surface area contributed by atoms with Gasteiger partial charge in [-0.25, -0.2) is 0 Å². The predicted molar refractivity (Wildman–Crippen MR) is 108 cm³/mol. The van der Waals surface area contributed by atoms with Gasteiger partial charge in [-0.2, -0.15) is 0 Å². The highest BCUT2D eigenvalue weighted by atomic mass is 16.5. The van der Waals surface area contributed by atoms with E-state index in [1.807, 2.05) is 12.1 Å². The van der Waals surface area contributed by atoms with Crippen molar-refractivity contribution in [1.82, 2.24) is 10.2 Å². The van der Waals surface area contributed by atoms with Crippen LogP contribution in [0.5, 0.6) is 17.2 Å². The van der Waals surface area contributed by atoms with Gasteiger partial charge in [-0.1, -0.05) is 12.1 Å². The number of rotatable bonds is 6. The molecule has 1 aliphatic rings. The van der Waals surface area contributed by atoms with Crippen LogP contribution in [-0.2, 0) is 4.79 Å². The SMILES string of the molecule is COc1ccccc1C(=O)N1CCC(NC(=O)C(C)Oc2ccc(O)cc2)CC1. The quantitative estimate of drug-likeness (QED) is 0.781. The third kappa shape index (κ3) is 5.19. The van der Waals surface area contributed by atoms with Gasteiger partial charge in [0.05, 0.1) is 12.7 Å². The Morgan fingerprint density at radius 3 is 2.41 bits per heavy atom. The van der Waals surface area contributed by atoms with Crippen LogP contribution in [0.4, 0.5) is 0 Å². The van der Waals surface area contributed by atoms with Gasteiger partial charge in [0.1, 0.15) is 17.2 Å². The zero-order valence-electron chi connectivity index (χ0n) is 16.6. The van der Waals surface area contributed by atoms with Crippen LogP contribution < -0.4 is 14.8 Å². The van der Waals surface area contributed by atoms with E-state index in [1.54, 1.807) is 43.2 Å². The van der Waals surface area contributed by atoms with Gasteiger partial charge in [0.2, 0.25) is 0 Å². The lowest BCUT2D eigenvalue weighted by atomic mass is 10.0. The molecule has 1 aliphatic heterocycles. The number of aromatic hydroxyl groups is 1. The average Bonchev–Trinajstić information content (AvgIpc) is 2.75. The van der Waals surface area contributed by atoms with Crippen LogP contribution in [-0.4, -0.2) is 54.2 Å². The van der Waals surface area contributed by atoms with Crippen molar-refractivity contribution in [2.45, 2.75) is 31.9 Å². The first-order valence-electron chi connectivity index (χ1n) is 9.66. The molecule has 0 radical (unpaired) electrons. The predicted octanol–water partition coefficient (Wildman–Crippen LogP) is 2.59. The fraction of sp³-hybridized carbons (Fsp3) is 0.364. The number of piperidine rings is 1. The van der Waals surface area contributed by atoms with E-state index in [0.29, 0.717) is 43.0 Å². The fourth-order valence-electron chi connectivity index (χ4n) is 3.32. The van der Waals surface area contributed by atoms with Gasteiger partial charge in [0.15, 0.2) is 6.10 Å². The molecule has 1 saturated heterocycles. The van der Waals surface area contributed by atoms with Crippen LogP contribution in [0.2, 0.25) is 0 Å². The fourth-order valence-corrected chi connectivity index (χ4v) is 3.32. The molecule has 0 aliphatic carbocycles. The number of para-hydroxylation sites is 1. The zero-order chi connectivity index (χ0) is 20.8. The Hall–Kier alpha value is -3.22. The molecular formula is C22H26N2O5. The van der Waals surface area contributed by atoms with Crippen LogP contribution >= 0.6 is 0 Å². The summed E-state index contributed by atoms with van der Waals surface area (Å²) in [4.78, 5) is 27.0. The lowest BCUT2D eigenvalue weighted by molar-refractivity contribution is -0.128. The van der Waals surface area contributed by atoms with Crippen molar-refractivity contribution in [2.24, 2.45) is 0 Å². The van der Waals surface area contributed by atoms with Crippen molar-refractivity contribution in [3.63, 3.8) is 0 Å². The largest absolute Gasteiger partial charge is 0.508 e. The third-order valence-corrected chi connectivity index (χ3v) is 4.98. The second-order valence-electron chi connectivity index (χ2n) is 7.03. The number of methoxy groups -OCH3 is 1. The summed E-state index contributed by atoms with van der Waals surface area (Å²) in [5.74, 6) is 0.962. The van der Waals surface area contributed by atoms with Crippen LogP contribution in [0.25, 0.3) is 0 Å². The molecule has 0 saturated carbocycles. The zero-order valence-corrected chi connectivity index (χ0v) is 16.6. The van der Waals surface area contributed by atoms with Gasteiger partial charge >= 0.3 is 0 Å². The molecule has 1 fully saturated rings. The number of nitrogens with one attached hydrogen (secondary N) is 1. The molecule has 2 N–H and O–H groups in total. The summed E-state index contributed by atoms with van der Waals surface area (Å²) in [6.07, 6.45) is 0.699. The van der Waals surface area contributed by atoms with Crippen molar-refractivity contribution in [1.29, 1.82) is 0 Å². The Labute approximate surface area is 170 Å². The van der Waals surface area contributed by atoms with Crippen LogP contribution in [0.3, 0.4) is 0 Å². The van der Waals surface area contributed by atoms with Crippen LogP contribution in [0.1, 0.15) is 30.1 Å². The number of nitrogens with zero attached hydrogens (tertiary/aromatic N) is 1. The summed E-state index contributed by atoms with van der Waals surface area (Å²) in [7, 11) is 1.55. The van der Waals surface area contributed by atoms with Crippen molar-refractivity contribution in [2.75, 3.05) is 20.2 Å². The number of benzene rings is 2. The second-order valence-corrected chi connectivity index (χ2v) is 7.03. The summed E-state index contributed by atoms with van der Waals surface area (Å²) in [6, 6.07) is 13.4. The van der Waals surface area contributed by atoms with E-state index in [0.717, 1.165) is 0 Å². The molecule has 2 amide bonds. The van der Waals surface area contributed by atoms with Gasteiger partial charge in [-0.05, 0) is 56.2 Å².